The fourth-order valence-electron chi connectivity index (χ4n) is 2.20. The number of hydrogen-bond acceptors (Lipinski definition) is 3. The predicted molar refractivity (Wildman–Crippen MR) is 100 cm³/mol. The lowest BCUT2D eigenvalue weighted by Gasteiger charge is -2.07. The van der Waals surface area contributed by atoms with Gasteiger partial charge in [0.1, 0.15) is 0 Å². The Labute approximate surface area is 147 Å². The van der Waals surface area contributed by atoms with Crippen LogP contribution in [0, 0.1) is 6.92 Å². The topological polar surface area (TPSA) is 58.2 Å². The summed E-state index contributed by atoms with van der Waals surface area (Å²) in [5, 5.41) is 5.70. The number of hydrogen-bond donors (Lipinski definition) is 2. The quantitative estimate of drug-likeness (QED) is 0.775. The van der Waals surface area contributed by atoms with Crippen molar-refractivity contribution >= 4 is 29.3 Å². The zero-order valence-corrected chi connectivity index (χ0v) is 14.6. The molecule has 0 saturated heterocycles. The van der Waals surface area contributed by atoms with Crippen molar-refractivity contribution in [2.75, 3.05) is 23.4 Å². The molecule has 0 bridgehead atoms. The van der Waals surface area contributed by atoms with Gasteiger partial charge < -0.3 is 10.6 Å². The van der Waals surface area contributed by atoms with E-state index in [4.69, 9.17) is 0 Å². The van der Waals surface area contributed by atoms with Crippen LogP contribution < -0.4 is 10.6 Å². The molecule has 5 heteroatoms. The Hall–Kier alpha value is -2.27. The van der Waals surface area contributed by atoms with Gasteiger partial charge in [-0.3, -0.25) is 9.59 Å². The fraction of sp³-hybridized carbons (Fsp3) is 0.263. The van der Waals surface area contributed by atoms with Crippen molar-refractivity contribution in [1.82, 2.24) is 5.32 Å². The first-order valence-corrected chi connectivity index (χ1v) is 9.04. The molecule has 0 radical (unpaired) electrons. The second kappa shape index (κ2) is 9.78. The first kappa shape index (κ1) is 18.1. The molecule has 24 heavy (non-hydrogen) atoms. The average molecular weight is 342 g/mol. The van der Waals surface area contributed by atoms with Crippen LogP contribution in [0.3, 0.4) is 0 Å². The summed E-state index contributed by atoms with van der Waals surface area (Å²) in [5.41, 5.74) is 3.08. The van der Waals surface area contributed by atoms with Gasteiger partial charge in [-0.2, -0.15) is 0 Å². The van der Waals surface area contributed by atoms with E-state index in [0.717, 1.165) is 17.7 Å². The molecule has 0 saturated carbocycles. The molecule has 2 amide bonds. The largest absolute Gasteiger partial charge is 0.355 e. The average Bonchev–Trinajstić information content (AvgIpc) is 2.56. The van der Waals surface area contributed by atoms with Crippen LogP contribution in [0.5, 0.6) is 0 Å². The molecule has 0 atom stereocenters. The summed E-state index contributed by atoms with van der Waals surface area (Å²) in [6.45, 7) is 2.59. The summed E-state index contributed by atoms with van der Waals surface area (Å²) in [4.78, 5) is 23.6. The first-order valence-electron chi connectivity index (χ1n) is 7.88. The molecule has 4 nitrogen and oxygen atoms in total. The van der Waals surface area contributed by atoms with Crippen LogP contribution in [0.4, 0.5) is 5.69 Å². The predicted octanol–water partition coefficient (Wildman–Crippen LogP) is 3.03. The van der Waals surface area contributed by atoms with E-state index in [-0.39, 0.29) is 23.3 Å². The third-order valence-electron chi connectivity index (χ3n) is 3.35. The SMILES string of the molecule is Cc1cccc(NC(=O)CSCC(=O)NCCc2ccccc2)c1. The zero-order chi connectivity index (χ0) is 17.2. The van der Waals surface area contributed by atoms with Gasteiger partial charge in [-0.15, -0.1) is 11.8 Å². The Kier molecular flexibility index (Phi) is 7.36. The number of nitrogens with one attached hydrogen (secondary N) is 2. The molecule has 0 unspecified atom stereocenters. The summed E-state index contributed by atoms with van der Waals surface area (Å²) >= 11 is 1.32. The van der Waals surface area contributed by atoms with Gasteiger partial charge in [-0.1, -0.05) is 42.5 Å². The molecule has 0 spiro atoms. The molecule has 126 valence electrons. The van der Waals surface area contributed by atoms with Gasteiger partial charge >= 0.3 is 0 Å². The summed E-state index contributed by atoms with van der Waals surface area (Å²) < 4.78 is 0. The molecular formula is C19H22N2O2S. The summed E-state index contributed by atoms with van der Waals surface area (Å²) in [5.74, 6) is 0.415. The minimum Gasteiger partial charge on any atom is -0.355 e. The van der Waals surface area contributed by atoms with E-state index in [2.05, 4.69) is 10.6 Å². The standard InChI is InChI=1S/C19H22N2O2S/c1-15-6-5-9-17(12-15)21-19(23)14-24-13-18(22)20-11-10-16-7-3-2-4-8-16/h2-9,12H,10-11,13-14H2,1H3,(H,20,22)(H,21,23). The zero-order valence-electron chi connectivity index (χ0n) is 13.7. The van der Waals surface area contributed by atoms with E-state index in [1.165, 1.54) is 17.3 Å². The monoisotopic (exact) mass is 342 g/mol. The molecule has 0 heterocycles. The van der Waals surface area contributed by atoms with Crippen LogP contribution in [0.15, 0.2) is 54.6 Å². The van der Waals surface area contributed by atoms with Crippen LogP contribution in [0.2, 0.25) is 0 Å². The third-order valence-corrected chi connectivity index (χ3v) is 4.28. The molecular weight excluding hydrogens is 320 g/mol. The number of carbonyl (C=O) groups excluding carboxylic acids is 2. The molecule has 2 N–H and O–H groups in total. The van der Waals surface area contributed by atoms with Crippen LogP contribution >= 0.6 is 11.8 Å². The molecule has 2 rings (SSSR count). The highest BCUT2D eigenvalue weighted by atomic mass is 32.2. The number of rotatable bonds is 8. The number of amides is 2. The first-order chi connectivity index (χ1) is 11.6. The van der Waals surface area contributed by atoms with Crippen molar-refractivity contribution in [1.29, 1.82) is 0 Å². The number of thioether (sulfide) groups is 1. The fourth-order valence-corrected chi connectivity index (χ4v) is 2.85. The Balaban J connectivity index is 1.59. The summed E-state index contributed by atoms with van der Waals surface area (Å²) in [6, 6.07) is 17.7. The highest BCUT2D eigenvalue weighted by Crippen LogP contribution is 2.10. The molecule has 0 fully saturated rings. The Morgan fingerprint density at radius 2 is 1.71 bits per heavy atom. The maximum atomic E-state index is 11.8. The van der Waals surface area contributed by atoms with Crippen molar-refractivity contribution < 1.29 is 9.59 Å². The maximum Gasteiger partial charge on any atom is 0.234 e. The molecule has 0 aliphatic carbocycles. The molecule has 0 aliphatic heterocycles. The summed E-state index contributed by atoms with van der Waals surface area (Å²) in [7, 11) is 0. The van der Waals surface area contributed by atoms with E-state index >= 15 is 0 Å². The Morgan fingerprint density at radius 3 is 2.46 bits per heavy atom. The minimum atomic E-state index is -0.0947. The second-order valence-electron chi connectivity index (χ2n) is 5.50. The lowest BCUT2D eigenvalue weighted by atomic mass is 10.1. The number of anilines is 1. The van der Waals surface area contributed by atoms with Crippen LogP contribution in [0.25, 0.3) is 0 Å². The smallest absolute Gasteiger partial charge is 0.234 e. The van der Waals surface area contributed by atoms with Crippen molar-refractivity contribution in [3.63, 3.8) is 0 Å². The Bertz CT molecular complexity index is 674. The van der Waals surface area contributed by atoms with Gasteiger partial charge in [-0.25, -0.2) is 0 Å². The van der Waals surface area contributed by atoms with Gasteiger partial charge in [-0.05, 0) is 36.6 Å². The minimum absolute atomic E-state index is 0.0423. The molecule has 2 aromatic rings. The summed E-state index contributed by atoms with van der Waals surface area (Å²) in [6.07, 6.45) is 0.811. The lowest BCUT2D eigenvalue weighted by molar-refractivity contribution is -0.118. The molecule has 0 aromatic heterocycles. The van der Waals surface area contributed by atoms with Gasteiger partial charge in [0.15, 0.2) is 0 Å². The van der Waals surface area contributed by atoms with Crippen molar-refractivity contribution in [3.8, 4) is 0 Å². The van der Waals surface area contributed by atoms with Crippen molar-refractivity contribution in [3.05, 3.63) is 65.7 Å². The second-order valence-corrected chi connectivity index (χ2v) is 6.48. The van der Waals surface area contributed by atoms with Crippen LogP contribution in [-0.4, -0.2) is 29.9 Å². The number of aryl methyl sites for hydroxylation is 1. The van der Waals surface area contributed by atoms with Crippen LogP contribution in [0.1, 0.15) is 11.1 Å². The molecule has 2 aromatic carbocycles. The number of benzene rings is 2. The highest BCUT2D eigenvalue weighted by Gasteiger charge is 2.06. The van der Waals surface area contributed by atoms with Crippen LogP contribution in [-0.2, 0) is 16.0 Å². The third kappa shape index (κ3) is 6.87. The van der Waals surface area contributed by atoms with Gasteiger partial charge in [0.25, 0.3) is 0 Å². The lowest BCUT2D eigenvalue weighted by Crippen LogP contribution is -2.28. The van der Waals surface area contributed by atoms with Crippen molar-refractivity contribution in [2.45, 2.75) is 13.3 Å². The van der Waals surface area contributed by atoms with E-state index < -0.39 is 0 Å². The van der Waals surface area contributed by atoms with Gasteiger partial charge in [0.2, 0.25) is 11.8 Å². The van der Waals surface area contributed by atoms with Gasteiger partial charge in [0.05, 0.1) is 11.5 Å². The van der Waals surface area contributed by atoms with E-state index in [9.17, 15) is 9.59 Å². The Morgan fingerprint density at radius 1 is 0.958 bits per heavy atom. The van der Waals surface area contributed by atoms with Crippen molar-refractivity contribution in [2.24, 2.45) is 0 Å². The van der Waals surface area contributed by atoms with E-state index in [1.807, 2.05) is 61.5 Å². The normalized spacial score (nSPS) is 10.2. The molecule has 0 aliphatic rings. The van der Waals surface area contributed by atoms with E-state index in [1.54, 1.807) is 0 Å². The van der Waals surface area contributed by atoms with Gasteiger partial charge in [0, 0.05) is 12.2 Å². The maximum absolute atomic E-state index is 11.8. The highest BCUT2D eigenvalue weighted by molar-refractivity contribution is 8.00. The van der Waals surface area contributed by atoms with E-state index in [0.29, 0.717) is 6.54 Å². The number of carbonyl (C=O) groups is 2.